The lowest BCUT2D eigenvalue weighted by Crippen LogP contribution is -2.14. The maximum Gasteiger partial charge on any atom is 0.278 e. The van der Waals surface area contributed by atoms with Crippen LogP contribution in [0.4, 0.5) is 5.69 Å². The molecule has 1 heterocycles. The molecule has 0 aliphatic carbocycles. The standard InChI is InChI=1S/C17H11Cl2N5O/c1-10-16(23-24(22-10)14-4-2-3-12(18)8-14)17(25)21-13-5-6-15(19)11(7-13)9-20/h2-8H,1H3,(H,21,25). The average Bonchev–Trinajstić information content (AvgIpc) is 2.98. The minimum atomic E-state index is -0.433. The zero-order valence-corrected chi connectivity index (χ0v) is 14.5. The van der Waals surface area contributed by atoms with Crippen LogP contribution >= 0.6 is 23.2 Å². The van der Waals surface area contributed by atoms with Gasteiger partial charge < -0.3 is 5.32 Å². The van der Waals surface area contributed by atoms with Gasteiger partial charge in [0.25, 0.3) is 5.91 Å². The van der Waals surface area contributed by atoms with Gasteiger partial charge in [-0.1, -0.05) is 29.3 Å². The number of amides is 1. The first-order valence-electron chi connectivity index (χ1n) is 7.19. The van der Waals surface area contributed by atoms with Gasteiger partial charge in [-0.2, -0.15) is 15.2 Å². The number of aromatic nitrogens is 3. The molecule has 0 atom stereocenters. The Morgan fingerprint density at radius 2 is 2.00 bits per heavy atom. The average molecular weight is 372 g/mol. The van der Waals surface area contributed by atoms with Crippen molar-refractivity contribution >= 4 is 34.8 Å². The van der Waals surface area contributed by atoms with E-state index in [1.165, 1.54) is 10.9 Å². The molecule has 8 heteroatoms. The monoisotopic (exact) mass is 371 g/mol. The quantitative estimate of drug-likeness (QED) is 0.753. The van der Waals surface area contributed by atoms with Gasteiger partial charge in [-0.05, 0) is 43.3 Å². The number of hydrogen-bond acceptors (Lipinski definition) is 4. The molecule has 0 spiro atoms. The van der Waals surface area contributed by atoms with Gasteiger partial charge in [-0.3, -0.25) is 4.79 Å². The van der Waals surface area contributed by atoms with Crippen molar-refractivity contribution in [2.75, 3.05) is 5.32 Å². The number of nitrogens with zero attached hydrogens (tertiary/aromatic N) is 4. The van der Waals surface area contributed by atoms with Crippen LogP contribution in [0.5, 0.6) is 0 Å². The highest BCUT2D eigenvalue weighted by Gasteiger charge is 2.17. The molecule has 0 radical (unpaired) electrons. The van der Waals surface area contributed by atoms with Gasteiger partial charge in [0.2, 0.25) is 0 Å². The van der Waals surface area contributed by atoms with Crippen LogP contribution in [0.1, 0.15) is 21.7 Å². The minimum Gasteiger partial charge on any atom is -0.320 e. The number of carbonyl (C=O) groups excluding carboxylic acids is 1. The minimum absolute atomic E-state index is 0.174. The first-order valence-corrected chi connectivity index (χ1v) is 7.94. The molecule has 1 N–H and O–H groups in total. The lowest BCUT2D eigenvalue weighted by atomic mass is 10.2. The first-order chi connectivity index (χ1) is 12.0. The fourth-order valence-electron chi connectivity index (χ4n) is 2.18. The molecule has 25 heavy (non-hydrogen) atoms. The topological polar surface area (TPSA) is 83.6 Å². The number of anilines is 1. The second-order valence-corrected chi connectivity index (χ2v) is 6.01. The van der Waals surface area contributed by atoms with Gasteiger partial charge in [0, 0.05) is 10.7 Å². The Balaban J connectivity index is 1.87. The second kappa shape index (κ2) is 6.93. The lowest BCUT2D eigenvalue weighted by Gasteiger charge is -2.04. The van der Waals surface area contributed by atoms with Crippen LogP contribution in [0, 0.1) is 18.3 Å². The molecular weight excluding hydrogens is 361 g/mol. The molecule has 124 valence electrons. The van der Waals surface area contributed by atoms with Crippen LogP contribution in [-0.4, -0.2) is 20.9 Å². The van der Waals surface area contributed by atoms with E-state index < -0.39 is 5.91 Å². The third kappa shape index (κ3) is 3.63. The molecule has 2 aromatic carbocycles. The van der Waals surface area contributed by atoms with Gasteiger partial charge in [0.1, 0.15) is 6.07 Å². The Kier molecular flexibility index (Phi) is 4.70. The second-order valence-electron chi connectivity index (χ2n) is 5.16. The number of nitriles is 1. The van der Waals surface area contributed by atoms with Gasteiger partial charge in [0.15, 0.2) is 5.69 Å². The summed E-state index contributed by atoms with van der Waals surface area (Å²) in [6.45, 7) is 1.69. The summed E-state index contributed by atoms with van der Waals surface area (Å²) < 4.78 is 0. The van der Waals surface area contributed by atoms with Gasteiger partial charge in [-0.25, -0.2) is 0 Å². The van der Waals surface area contributed by atoms with E-state index in [1.807, 2.05) is 6.07 Å². The SMILES string of the molecule is Cc1nn(-c2cccc(Cl)c2)nc1C(=O)Nc1ccc(Cl)c(C#N)c1. The van der Waals surface area contributed by atoms with Crippen molar-refractivity contribution in [1.29, 1.82) is 5.26 Å². The maximum absolute atomic E-state index is 12.5. The number of hydrogen-bond donors (Lipinski definition) is 1. The number of nitrogens with one attached hydrogen (secondary N) is 1. The Bertz CT molecular complexity index is 1010. The third-order valence-corrected chi connectivity index (χ3v) is 3.95. The Morgan fingerprint density at radius 1 is 1.20 bits per heavy atom. The molecule has 1 aromatic heterocycles. The van der Waals surface area contributed by atoms with Gasteiger partial charge in [0.05, 0.1) is 22.0 Å². The van der Waals surface area contributed by atoms with Crippen molar-refractivity contribution in [3.05, 3.63) is 69.5 Å². The van der Waals surface area contributed by atoms with Crippen LogP contribution in [0.25, 0.3) is 5.69 Å². The van der Waals surface area contributed by atoms with Crippen molar-refractivity contribution in [3.8, 4) is 11.8 Å². The van der Waals surface area contributed by atoms with Crippen LogP contribution in [0.3, 0.4) is 0 Å². The highest BCUT2D eigenvalue weighted by atomic mass is 35.5. The van der Waals surface area contributed by atoms with Crippen molar-refractivity contribution < 1.29 is 4.79 Å². The number of rotatable bonds is 3. The number of aryl methyl sites for hydroxylation is 1. The van der Waals surface area contributed by atoms with Crippen LogP contribution in [-0.2, 0) is 0 Å². The van der Waals surface area contributed by atoms with E-state index in [0.29, 0.717) is 27.1 Å². The van der Waals surface area contributed by atoms with Crippen LogP contribution in [0.2, 0.25) is 10.0 Å². The fraction of sp³-hybridized carbons (Fsp3) is 0.0588. The van der Waals surface area contributed by atoms with Crippen molar-refractivity contribution in [1.82, 2.24) is 15.0 Å². The maximum atomic E-state index is 12.5. The number of halogens is 2. The zero-order valence-electron chi connectivity index (χ0n) is 13.0. The summed E-state index contributed by atoms with van der Waals surface area (Å²) in [6.07, 6.45) is 0. The van der Waals surface area contributed by atoms with E-state index in [-0.39, 0.29) is 11.3 Å². The number of benzene rings is 2. The van der Waals surface area contributed by atoms with Crippen molar-refractivity contribution in [2.45, 2.75) is 6.92 Å². The van der Waals surface area contributed by atoms with E-state index in [2.05, 4.69) is 15.5 Å². The molecular formula is C17H11Cl2N5O. The largest absolute Gasteiger partial charge is 0.320 e. The molecule has 0 fully saturated rings. The highest BCUT2D eigenvalue weighted by Crippen LogP contribution is 2.20. The summed E-state index contributed by atoms with van der Waals surface area (Å²) in [5.41, 5.74) is 2.01. The molecule has 0 aliphatic rings. The molecule has 6 nitrogen and oxygen atoms in total. The number of carbonyl (C=O) groups is 1. The van der Waals surface area contributed by atoms with E-state index in [1.54, 1.807) is 43.3 Å². The molecule has 0 bridgehead atoms. The summed E-state index contributed by atoms with van der Waals surface area (Å²) in [6, 6.07) is 13.6. The normalized spacial score (nSPS) is 10.3. The molecule has 0 saturated carbocycles. The summed E-state index contributed by atoms with van der Waals surface area (Å²) in [5.74, 6) is -0.433. The summed E-state index contributed by atoms with van der Waals surface area (Å²) >= 11 is 11.9. The summed E-state index contributed by atoms with van der Waals surface area (Å²) in [4.78, 5) is 13.8. The third-order valence-electron chi connectivity index (χ3n) is 3.38. The predicted molar refractivity (Wildman–Crippen MR) is 95.2 cm³/mol. The van der Waals surface area contributed by atoms with Crippen LogP contribution < -0.4 is 5.32 Å². The Hall–Kier alpha value is -2.88. The van der Waals surface area contributed by atoms with Gasteiger partial charge in [-0.15, -0.1) is 5.10 Å². The molecule has 1 amide bonds. The fourth-order valence-corrected chi connectivity index (χ4v) is 2.53. The van der Waals surface area contributed by atoms with E-state index in [4.69, 9.17) is 28.5 Å². The molecule has 3 aromatic rings. The Labute approximate surface area is 153 Å². The smallest absolute Gasteiger partial charge is 0.278 e. The van der Waals surface area contributed by atoms with Gasteiger partial charge >= 0.3 is 0 Å². The Morgan fingerprint density at radius 3 is 2.72 bits per heavy atom. The molecule has 3 rings (SSSR count). The van der Waals surface area contributed by atoms with Crippen molar-refractivity contribution in [3.63, 3.8) is 0 Å². The van der Waals surface area contributed by atoms with Crippen molar-refractivity contribution in [2.24, 2.45) is 0 Å². The lowest BCUT2D eigenvalue weighted by molar-refractivity contribution is 0.102. The first kappa shape index (κ1) is 17.0. The molecule has 0 aliphatic heterocycles. The summed E-state index contributed by atoms with van der Waals surface area (Å²) in [7, 11) is 0. The highest BCUT2D eigenvalue weighted by molar-refractivity contribution is 6.31. The van der Waals surface area contributed by atoms with Crippen LogP contribution in [0.15, 0.2) is 42.5 Å². The van der Waals surface area contributed by atoms with E-state index >= 15 is 0 Å². The molecule has 0 saturated heterocycles. The van der Waals surface area contributed by atoms with E-state index in [9.17, 15) is 4.79 Å². The summed E-state index contributed by atoms with van der Waals surface area (Å²) in [5, 5.41) is 21.0. The predicted octanol–water partition coefficient (Wildman–Crippen LogP) is 4.01. The van der Waals surface area contributed by atoms with E-state index in [0.717, 1.165) is 0 Å². The molecule has 0 unspecified atom stereocenters. The zero-order chi connectivity index (χ0) is 18.0.